The van der Waals surface area contributed by atoms with Crippen LogP contribution < -0.4 is 10.0 Å². The van der Waals surface area contributed by atoms with Crippen molar-refractivity contribution in [2.75, 3.05) is 27.8 Å². The highest BCUT2D eigenvalue weighted by Gasteiger charge is 2.13. The number of sulfone groups is 1. The van der Waals surface area contributed by atoms with Gasteiger partial charge in [0.25, 0.3) is 0 Å². The molecule has 20 heavy (non-hydrogen) atoms. The third kappa shape index (κ3) is 6.25. The first kappa shape index (κ1) is 16.8. The number of anilines is 2. The molecule has 0 heterocycles. The van der Waals surface area contributed by atoms with E-state index in [2.05, 4.69) is 10.0 Å². The summed E-state index contributed by atoms with van der Waals surface area (Å²) < 4.78 is 47.5. The minimum atomic E-state index is -3.29. The summed E-state index contributed by atoms with van der Waals surface area (Å²) in [6.45, 7) is 3.41. The molecule has 114 valence electrons. The highest BCUT2D eigenvalue weighted by Crippen LogP contribution is 2.15. The Morgan fingerprint density at radius 3 is 2.00 bits per heavy atom. The van der Waals surface area contributed by atoms with Gasteiger partial charge in [-0.3, -0.25) is 4.72 Å². The number of hydrogen-bond donors (Lipinski definition) is 2. The second kappa shape index (κ2) is 6.45. The van der Waals surface area contributed by atoms with Crippen LogP contribution in [-0.4, -0.2) is 40.6 Å². The molecule has 0 aliphatic rings. The average Bonchev–Trinajstić information content (AvgIpc) is 2.29. The number of sulfonamides is 1. The molecule has 1 aromatic rings. The summed E-state index contributed by atoms with van der Waals surface area (Å²) in [7, 11) is -6.32. The first-order valence-corrected chi connectivity index (χ1v) is 9.87. The second-order valence-corrected chi connectivity index (χ2v) is 8.84. The van der Waals surface area contributed by atoms with E-state index in [9.17, 15) is 16.8 Å². The lowest BCUT2D eigenvalue weighted by Gasteiger charge is -2.15. The molecular weight excluding hydrogens is 300 g/mol. The zero-order chi connectivity index (χ0) is 15.4. The van der Waals surface area contributed by atoms with E-state index in [1.54, 1.807) is 38.1 Å². The fourth-order valence-corrected chi connectivity index (χ4v) is 3.32. The maximum absolute atomic E-state index is 11.5. The fourth-order valence-electron chi connectivity index (χ4n) is 1.67. The number of nitrogens with one attached hydrogen (secondary N) is 2. The summed E-state index contributed by atoms with van der Waals surface area (Å²) in [5.41, 5.74) is 1.20. The highest BCUT2D eigenvalue weighted by atomic mass is 32.2. The number of benzene rings is 1. The van der Waals surface area contributed by atoms with Crippen LogP contribution in [0.4, 0.5) is 11.4 Å². The molecule has 0 aromatic heterocycles. The van der Waals surface area contributed by atoms with Gasteiger partial charge in [0.2, 0.25) is 10.0 Å². The van der Waals surface area contributed by atoms with Crippen molar-refractivity contribution in [3.05, 3.63) is 24.3 Å². The van der Waals surface area contributed by atoms with E-state index >= 15 is 0 Å². The largest absolute Gasteiger partial charge is 0.382 e. The van der Waals surface area contributed by atoms with E-state index in [-0.39, 0.29) is 17.5 Å². The average molecular weight is 320 g/mol. The molecule has 0 bridgehead atoms. The Morgan fingerprint density at radius 1 is 1.05 bits per heavy atom. The molecule has 1 unspecified atom stereocenters. The van der Waals surface area contributed by atoms with Crippen molar-refractivity contribution in [1.29, 1.82) is 0 Å². The maximum atomic E-state index is 11.5. The molecule has 0 fully saturated rings. The summed E-state index contributed by atoms with van der Waals surface area (Å²) in [4.78, 5) is 0. The summed E-state index contributed by atoms with van der Waals surface area (Å²) in [6.07, 6.45) is 1.08. The molecule has 1 aromatic carbocycles. The smallest absolute Gasteiger partial charge is 0.229 e. The lowest BCUT2D eigenvalue weighted by atomic mass is 10.2. The first-order valence-electron chi connectivity index (χ1n) is 6.16. The van der Waals surface area contributed by atoms with Gasteiger partial charge in [0.15, 0.2) is 9.84 Å². The molecule has 0 aliphatic carbocycles. The molecular formula is C12H20N2O4S2. The SMILES string of the molecule is CCS(=O)(=O)CC(C)Nc1ccc(NS(C)(=O)=O)cc1. The minimum absolute atomic E-state index is 0.0623. The van der Waals surface area contributed by atoms with Crippen molar-refractivity contribution >= 4 is 31.2 Å². The van der Waals surface area contributed by atoms with Crippen LogP contribution in [0.2, 0.25) is 0 Å². The molecule has 1 rings (SSSR count). The van der Waals surface area contributed by atoms with Crippen molar-refractivity contribution in [3.8, 4) is 0 Å². The Morgan fingerprint density at radius 2 is 1.55 bits per heavy atom. The van der Waals surface area contributed by atoms with Crippen LogP contribution in [0, 0.1) is 0 Å². The lowest BCUT2D eigenvalue weighted by molar-refractivity contribution is 0.593. The molecule has 0 spiro atoms. The van der Waals surface area contributed by atoms with Gasteiger partial charge in [0.05, 0.1) is 12.0 Å². The fraction of sp³-hybridized carbons (Fsp3) is 0.500. The Labute approximate surface area is 120 Å². The quantitative estimate of drug-likeness (QED) is 0.790. The zero-order valence-electron chi connectivity index (χ0n) is 11.8. The van der Waals surface area contributed by atoms with Crippen LogP contribution in [0.1, 0.15) is 13.8 Å². The van der Waals surface area contributed by atoms with E-state index in [1.165, 1.54) is 0 Å². The second-order valence-electron chi connectivity index (χ2n) is 4.70. The Kier molecular flexibility index (Phi) is 5.41. The van der Waals surface area contributed by atoms with Gasteiger partial charge in [0.1, 0.15) is 0 Å². The van der Waals surface area contributed by atoms with Crippen molar-refractivity contribution in [2.24, 2.45) is 0 Å². The van der Waals surface area contributed by atoms with Crippen LogP contribution >= 0.6 is 0 Å². The summed E-state index contributed by atoms with van der Waals surface area (Å²) in [5.74, 6) is 0.184. The predicted molar refractivity (Wildman–Crippen MR) is 82.3 cm³/mol. The molecule has 0 amide bonds. The van der Waals surface area contributed by atoms with Crippen LogP contribution in [-0.2, 0) is 19.9 Å². The van der Waals surface area contributed by atoms with E-state index in [0.29, 0.717) is 5.69 Å². The Balaban J connectivity index is 2.66. The molecule has 8 heteroatoms. The lowest BCUT2D eigenvalue weighted by Crippen LogP contribution is -2.26. The summed E-state index contributed by atoms with van der Waals surface area (Å²) in [5, 5.41) is 3.07. The van der Waals surface area contributed by atoms with Crippen LogP contribution in [0.5, 0.6) is 0 Å². The van der Waals surface area contributed by atoms with Gasteiger partial charge in [-0.05, 0) is 31.2 Å². The number of rotatable bonds is 7. The standard InChI is InChI=1S/C12H20N2O4S2/c1-4-20(17,18)9-10(2)13-11-5-7-12(8-6-11)14-19(3,15)16/h5-8,10,13-14H,4,9H2,1-3H3. The molecule has 1 atom stereocenters. The monoisotopic (exact) mass is 320 g/mol. The van der Waals surface area contributed by atoms with E-state index in [1.807, 2.05) is 0 Å². The van der Waals surface area contributed by atoms with Crippen molar-refractivity contribution < 1.29 is 16.8 Å². The molecule has 0 saturated heterocycles. The molecule has 0 radical (unpaired) electrons. The molecule has 6 nitrogen and oxygen atoms in total. The van der Waals surface area contributed by atoms with Crippen molar-refractivity contribution in [3.63, 3.8) is 0 Å². The van der Waals surface area contributed by atoms with Crippen LogP contribution in [0.25, 0.3) is 0 Å². The zero-order valence-corrected chi connectivity index (χ0v) is 13.4. The van der Waals surface area contributed by atoms with Crippen molar-refractivity contribution in [2.45, 2.75) is 19.9 Å². The van der Waals surface area contributed by atoms with Gasteiger partial charge in [-0.1, -0.05) is 6.92 Å². The molecule has 2 N–H and O–H groups in total. The van der Waals surface area contributed by atoms with Gasteiger partial charge in [-0.25, -0.2) is 16.8 Å². The summed E-state index contributed by atoms with van der Waals surface area (Å²) in [6, 6.07) is 6.41. The Hall–Kier alpha value is -1.28. The third-order valence-electron chi connectivity index (χ3n) is 2.54. The molecule has 0 aliphatic heterocycles. The topological polar surface area (TPSA) is 92.3 Å². The van der Waals surface area contributed by atoms with Gasteiger partial charge in [-0.2, -0.15) is 0 Å². The van der Waals surface area contributed by atoms with Gasteiger partial charge >= 0.3 is 0 Å². The minimum Gasteiger partial charge on any atom is -0.382 e. The third-order valence-corrected chi connectivity index (χ3v) is 5.04. The summed E-state index contributed by atoms with van der Waals surface area (Å²) >= 11 is 0. The highest BCUT2D eigenvalue weighted by molar-refractivity contribution is 7.92. The van der Waals surface area contributed by atoms with Gasteiger partial charge < -0.3 is 5.32 Å². The normalized spacial score (nSPS) is 13.8. The Bertz CT molecular complexity index is 637. The van der Waals surface area contributed by atoms with Crippen molar-refractivity contribution in [1.82, 2.24) is 0 Å². The van der Waals surface area contributed by atoms with E-state index < -0.39 is 19.9 Å². The van der Waals surface area contributed by atoms with Gasteiger partial charge in [0, 0.05) is 23.2 Å². The number of hydrogen-bond acceptors (Lipinski definition) is 5. The first-order chi connectivity index (χ1) is 9.11. The van der Waals surface area contributed by atoms with E-state index in [0.717, 1.165) is 11.9 Å². The maximum Gasteiger partial charge on any atom is 0.229 e. The van der Waals surface area contributed by atoms with Gasteiger partial charge in [-0.15, -0.1) is 0 Å². The van der Waals surface area contributed by atoms with E-state index in [4.69, 9.17) is 0 Å². The molecule has 0 saturated carbocycles. The van der Waals surface area contributed by atoms with Crippen LogP contribution in [0.15, 0.2) is 24.3 Å². The van der Waals surface area contributed by atoms with Crippen LogP contribution in [0.3, 0.4) is 0 Å². The predicted octanol–water partition coefficient (Wildman–Crippen LogP) is 1.29.